The maximum Gasteiger partial charge on any atom is 0.224 e. The molecule has 1 aliphatic carbocycles. The van der Waals surface area contributed by atoms with E-state index in [0.29, 0.717) is 19.0 Å². The number of aryl methyl sites for hydroxylation is 2. The van der Waals surface area contributed by atoms with Crippen LogP contribution in [0.25, 0.3) is 5.69 Å². The highest BCUT2D eigenvalue weighted by Gasteiger charge is 2.23. The number of rotatable bonds is 9. The molecule has 1 N–H and O–H groups in total. The Hall–Kier alpha value is -2.61. The van der Waals surface area contributed by atoms with E-state index < -0.39 is 0 Å². The van der Waals surface area contributed by atoms with Crippen LogP contribution in [0.2, 0.25) is 0 Å². The number of para-hydroxylation sites is 1. The van der Waals surface area contributed by atoms with E-state index in [4.69, 9.17) is 0 Å². The first-order chi connectivity index (χ1) is 15.6. The van der Waals surface area contributed by atoms with E-state index in [-0.39, 0.29) is 5.91 Å². The second kappa shape index (κ2) is 10.3. The topological polar surface area (TPSA) is 77.6 Å². The molecule has 2 aromatic heterocycles. The van der Waals surface area contributed by atoms with Gasteiger partial charge in [-0.1, -0.05) is 42.8 Å². The molecule has 1 saturated carbocycles. The minimum Gasteiger partial charge on any atom is -0.356 e. The molecule has 1 fully saturated rings. The number of carbonyl (C=O) groups is 1. The fraction of sp³-hybridized carbons (Fsp3) is 0.500. The highest BCUT2D eigenvalue weighted by atomic mass is 32.2. The van der Waals surface area contributed by atoms with Crippen LogP contribution in [0.1, 0.15) is 60.9 Å². The minimum absolute atomic E-state index is 0.0332. The molecule has 0 unspecified atom stereocenters. The lowest BCUT2D eigenvalue weighted by atomic mass is 10.1. The third-order valence-corrected chi connectivity index (χ3v) is 6.93. The summed E-state index contributed by atoms with van der Waals surface area (Å²) in [6.45, 7) is 4.62. The van der Waals surface area contributed by atoms with Crippen LogP contribution in [0.15, 0.2) is 35.5 Å². The largest absolute Gasteiger partial charge is 0.356 e. The summed E-state index contributed by atoms with van der Waals surface area (Å²) in [6, 6.07) is 10.6. The van der Waals surface area contributed by atoms with Crippen molar-refractivity contribution in [2.24, 2.45) is 0 Å². The van der Waals surface area contributed by atoms with Gasteiger partial charge in [0.25, 0.3) is 0 Å². The molecule has 0 radical (unpaired) electrons. The van der Waals surface area contributed by atoms with Crippen LogP contribution in [0.3, 0.4) is 0 Å². The van der Waals surface area contributed by atoms with Crippen LogP contribution >= 0.6 is 11.8 Å². The van der Waals surface area contributed by atoms with Gasteiger partial charge in [-0.05, 0) is 51.5 Å². The van der Waals surface area contributed by atoms with Gasteiger partial charge in [-0.15, -0.1) is 10.2 Å². The van der Waals surface area contributed by atoms with E-state index in [0.717, 1.165) is 46.5 Å². The van der Waals surface area contributed by atoms with Crippen LogP contribution in [0.5, 0.6) is 0 Å². The van der Waals surface area contributed by atoms with Crippen molar-refractivity contribution in [3.8, 4) is 5.69 Å². The van der Waals surface area contributed by atoms with E-state index in [1.165, 1.54) is 25.7 Å². The first-order valence-electron chi connectivity index (χ1n) is 11.4. The van der Waals surface area contributed by atoms with Crippen LogP contribution in [-0.4, -0.2) is 43.3 Å². The summed E-state index contributed by atoms with van der Waals surface area (Å²) in [6.07, 6.45) is 9.08. The lowest BCUT2D eigenvalue weighted by molar-refractivity contribution is -0.120. The van der Waals surface area contributed by atoms with Crippen LogP contribution in [-0.2, 0) is 17.6 Å². The molecule has 2 heterocycles. The number of aromatic nitrogens is 5. The molecule has 3 aromatic rings. The molecule has 7 nitrogen and oxygen atoms in total. The molecule has 1 amide bonds. The minimum atomic E-state index is 0.0332. The van der Waals surface area contributed by atoms with Crippen LogP contribution < -0.4 is 5.32 Å². The van der Waals surface area contributed by atoms with Crippen molar-refractivity contribution in [3.05, 3.63) is 53.1 Å². The van der Waals surface area contributed by atoms with Crippen molar-refractivity contribution >= 4 is 17.7 Å². The average Bonchev–Trinajstić information content (AvgIpc) is 3.53. The van der Waals surface area contributed by atoms with Gasteiger partial charge in [0.1, 0.15) is 5.82 Å². The van der Waals surface area contributed by atoms with Gasteiger partial charge < -0.3 is 9.88 Å². The number of hydrogen-bond acceptors (Lipinski definition) is 5. The average molecular weight is 453 g/mol. The summed E-state index contributed by atoms with van der Waals surface area (Å²) in [4.78, 5) is 12.6. The van der Waals surface area contributed by atoms with Gasteiger partial charge in [-0.25, -0.2) is 4.68 Å². The van der Waals surface area contributed by atoms with Gasteiger partial charge in [0.05, 0.1) is 17.8 Å². The zero-order chi connectivity index (χ0) is 22.5. The summed E-state index contributed by atoms with van der Waals surface area (Å²) in [5, 5.41) is 17.5. The summed E-state index contributed by atoms with van der Waals surface area (Å²) < 4.78 is 4.25. The highest BCUT2D eigenvalue weighted by molar-refractivity contribution is 7.98. The fourth-order valence-corrected chi connectivity index (χ4v) is 5.17. The number of nitrogens with zero attached hydrogens (tertiary/aromatic N) is 5. The van der Waals surface area contributed by atoms with E-state index >= 15 is 0 Å². The van der Waals surface area contributed by atoms with Gasteiger partial charge >= 0.3 is 0 Å². The molecule has 8 heteroatoms. The maximum absolute atomic E-state index is 12.6. The Kier molecular flexibility index (Phi) is 7.29. The molecular weight excluding hydrogens is 420 g/mol. The van der Waals surface area contributed by atoms with Gasteiger partial charge in [-0.2, -0.15) is 5.10 Å². The van der Waals surface area contributed by atoms with Gasteiger partial charge in [0, 0.05) is 30.3 Å². The molecule has 0 aliphatic heterocycles. The Balaban J connectivity index is 1.31. The summed E-state index contributed by atoms with van der Waals surface area (Å²) >= 11 is 1.66. The summed E-state index contributed by atoms with van der Waals surface area (Å²) in [5.74, 6) is 1.08. The zero-order valence-electron chi connectivity index (χ0n) is 19.2. The van der Waals surface area contributed by atoms with E-state index in [2.05, 4.69) is 31.4 Å². The van der Waals surface area contributed by atoms with E-state index in [1.54, 1.807) is 11.8 Å². The predicted molar refractivity (Wildman–Crippen MR) is 127 cm³/mol. The molecule has 0 saturated heterocycles. The van der Waals surface area contributed by atoms with Gasteiger partial charge in [0.15, 0.2) is 5.16 Å². The van der Waals surface area contributed by atoms with Crippen LogP contribution in [0.4, 0.5) is 0 Å². The Labute approximate surface area is 194 Å². The van der Waals surface area contributed by atoms with Crippen molar-refractivity contribution in [2.75, 3.05) is 12.8 Å². The number of nitrogens with one attached hydrogen (secondary N) is 1. The number of carbonyl (C=O) groups excluding carboxylic acids is 1. The standard InChI is InChI=1S/C24H32N6OS/c1-17-21(18(2)30(28-17)20-12-5-4-6-13-20)16-23(31)25-15-9-14-22-26-27-24(32-3)29(22)19-10-7-8-11-19/h4-6,12-13,19H,7-11,14-16H2,1-3H3,(H,25,31). The monoisotopic (exact) mass is 452 g/mol. The van der Waals surface area contributed by atoms with Crippen molar-refractivity contribution in [1.29, 1.82) is 0 Å². The summed E-state index contributed by atoms with van der Waals surface area (Å²) in [5.41, 5.74) is 3.92. The normalized spacial score (nSPS) is 14.2. The Morgan fingerprint density at radius 1 is 1.16 bits per heavy atom. The second-order valence-electron chi connectivity index (χ2n) is 8.44. The third kappa shape index (κ3) is 4.90. The number of benzene rings is 1. The molecule has 1 aliphatic rings. The second-order valence-corrected chi connectivity index (χ2v) is 9.21. The number of hydrogen-bond donors (Lipinski definition) is 1. The van der Waals surface area contributed by atoms with Gasteiger partial charge in [-0.3, -0.25) is 4.79 Å². The van der Waals surface area contributed by atoms with Crippen molar-refractivity contribution < 1.29 is 4.79 Å². The van der Waals surface area contributed by atoms with E-state index in [9.17, 15) is 4.79 Å². The highest BCUT2D eigenvalue weighted by Crippen LogP contribution is 2.33. The predicted octanol–water partition coefficient (Wildman–Crippen LogP) is 4.21. The Morgan fingerprint density at radius 3 is 2.62 bits per heavy atom. The molecule has 0 spiro atoms. The summed E-state index contributed by atoms with van der Waals surface area (Å²) in [7, 11) is 0. The molecule has 170 valence electrons. The fourth-order valence-electron chi connectivity index (χ4n) is 4.60. The first-order valence-corrected chi connectivity index (χ1v) is 12.7. The number of thioether (sulfide) groups is 1. The molecule has 0 atom stereocenters. The van der Waals surface area contributed by atoms with Gasteiger partial charge in [0.2, 0.25) is 5.91 Å². The molecule has 4 rings (SSSR count). The molecule has 1 aromatic carbocycles. The zero-order valence-corrected chi connectivity index (χ0v) is 20.0. The molecular formula is C24H32N6OS. The lowest BCUT2D eigenvalue weighted by Crippen LogP contribution is -2.27. The first kappa shape index (κ1) is 22.6. The van der Waals surface area contributed by atoms with Crippen LogP contribution in [0, 0.1) is 13.8 Å². The van der Waals surface area contributed by atoms with Crippen molar-refractivity contribution in [3.63, 3.8) is 0 Å². The Bertz CT molecular complexity index is 1050. The Morgan fingerprint density at radius 2 is 1.91 bits per heavy atom. The maximum atomic E-state index is 12.6. The quantitative estimate of drug-likeness (QED) is 0.389. The van der Waals surface area contributed by atoms with Crippen molar-refractivity contribution in [1.82, 2.24) is 29.9 Å². The number of amides is 1. The third-order valence-electron chi connectivity index (χ3n) is 6.29. The lowest BCUT2D eigenvalue weighted by Gasteiger charge is -2.16. The smallest absolute Gasteiger partial charge is 0.224 e. The van der Waals surface area contributed by atoms with Crippen molar-refractivity contribution in [2.45, 2.75) is 70.0 Å². The SMILES string of the molecule is CSc1nnc(CCCNC(=O)Cc2c(C)nn(-c3ccccc3)c2C)n1C1CCCC1. The molecule has 32 heavy (non-hydrogen) atoms. The van der Waals surface area contributed by atoms with E-state index in [1.807, 2.05) is 48.9 Å². The molecule has 0 bridgehead atoms.